The number of nitrogens with one attached hydrogen (secondary N) is 1. The van der Waals surface area contributed by atoms with Crippen LogP contribution in [0.15, 0.2) is 18.3 Å². The quantitative estimate of drug-likeness (QED) is 0.793. The van der Waals surface area contributed by atoms with Gasteiger partial charge in [0.1, 0.15) is 5.82 Å². The summed E-state index contributed by atoms with van der Waals surface area (Å²) in [5.41, 5.74) is 1.31. The lowest BCUT2D eigenvalue weighted by Crippen LogP contribution is -2.10. The molecule has 2 heteroatoms. The van der Waals surface area contributed by atoms with Crippen molar-refractivity contribution in [3.05, 3.63) is 23.9 Å². The summed E-state index contributed by atoms with van der Waals surface area (Å²) in [4.78, 5) is 4.36. The highest BCUT2D eigenvalue weighted by Gasteiger charge is 1.99. The zero-order valence-electron chi connectivity index (χ0n) is 9.54. The minimum Gasteiger partial charge on any atom is -0.368 e. The van der Waals surface area contributed by atoms with Gasteiger partial charge in [0.15, 0.2) is 0 Å². The van der Waals surface area contributed by atoms with E-state index in [0.717, 1.165) is 12.2 Å². The molecule has 0 aromatic carbocycles. The van der Waals surface area contributed by atoms with Crippen LogP contribution < -0.4 is 5.32 Å². The molecule has 14 heavy (non-hydrogen) atoms. The van der Waals surface area contributed by atoms with Crippen molar-refractivity contribution in [2.45, 2.75) is 40.2 Å². The molecule has 78 valence electrons. The number of anilines is 1. The zero-order valence-corrected chi connectivity index (χ0v) is 9.54. The van der Waals surface area contributed by atoms with E-state index in [1.807, 2.05) is 6.20 Å². The van der Waals surface area contributed by atoms with Crippen LogP contribution >= 0.6 is 0 Å². The van der Waals surface area contributed by atoms with E-state index in [-0.39, 0.29) is 0 Å². The van der Waals surface area contributed by atoms with Crippen LogP contribution in [0, 0.1) is 5.92 Å². The Kier molecular flexibility index (Phi) is 3.93. The minimum atomic E-state index is 0.443. The normalized spacial score (nSPS) is 11.0. The first-order valence-electron chi connectivity index (χ1n) is 5.29. The molecule has 0 aliphatic carbocycles. The van der Waals surface area contributed by atoms with Gasteiger partial charge in [-0.3, -0.25) is 0 Å². The van der Waals surface area contributed by atoms with Gasteiger partial charge in [-0.25, -0.2) is 4.98 Å². The van der Waals surface area contributed by atoms with Crippen molar-refractivity contribution in [3.63, 3.8) is 0 Å². The van der Waals surface area contributed by atoms with E-state index < -0.39 is 0 Å². The second-order valence-corrected chi connectivity index (χ2v) is 4.45. The molecule has 0 saturated carbocycles. The van der Waals surface area contributed by atoms with E-state index in [1.54, 1.807) is 0 Å². The Balaban J connectivity index is 2.59. The Morgan fingerprint density at radius 3 is 2.36 bits per heavy atom. The number of rotatable bonds is 4. The van der Waals surface area contributed by atoms with E-state index in [2.05, 4.69) is 50.1 Å². The molecule has 1 heterocycles. The lowest BCUT2D eigenvalue weighted by Gasteiger charge is -2.10. The molecule has 0 fully saturated rings. The van der Waals surface area contributed by atoms with Gasteiger partial charge in [-0.2, -0.15) is 0 Å². The van der Waals surface area contributed by atoms with Gasteiger partial charge >= 0.3 is 0 Å². The second-order valence-electron chi connectivity index (χ2n) is 4.45. The predicted molar refractivity (Wildman–Crippen MR) is 61.5 cm³/mol. The summed E-state index contributed by atoms with van der Waals surface area (Å²) in [5.74, 6) is 1.66. The fourth-order valence-electron chi connectivity index (χ4n) is 1.40. The van der Waals surface area contributed by atoms with Crippen LogP contribution in [-0.4, -0.2) is 11.0 Å². The van der Waals surface area contributed by atoms with Gasteiger partial charge in [-0.1, -0.05) is 19.9 Å². The van der Waals surface area contributed by atoms with Crippen LogP contribution in [0.25, 0.3) is 0 Å². The zero-order chi connectivity index (χ0) is 10.6. The SMILES string of the molecule is CC(C)Cc1ccc(NC(C)C)nc1. The van der Waals surface area contributed by atoms with E-state index in [1.165, 1.54) is 5.56 Å². The molecule has 0 bridgehead atoms. The van der Waals surface area contributed by atoms with Gasteiger partial charge in [-0.15, -0.1) is 0 Å². The summed E-state index contributed by atoms with van der Waals surface area (Å²) in [6, 6.07) is 4.65. The van der Waals surface area contributed by atoms with Crippen LogP contribution in [-0.2, 0) is 6.42 Å². The molecule has 0 saturated heterocycles. The Labute approximate surface area is 86.8 Å². The number of pyridine rings is 1. The molecular formula is C12H20N2. The van der Waals surface area contributed by atoms with Gasteiger partial charge in [0.25, 0.3) is 0 Å². The van der Waals surface area contributed by atoms with Crippen LogP contribution in [0.1, 0.15) is 33.3 Å². The largest absolute Gasteiger partial charge is 0.368 e. The van der Waals surface area contributed by atoms with Crippen molar-refractivity contribution in [2.75, 3.05) is 5.32 Å². The minimum absolute atomic E-state index is 0.443. The molecule has 0 radical (unpaired) electrons. The molecule has 0 aliphatic rings. The third-order valence-electron chi connectivity index (χ3n) is 1.91. The Bertz CT molecular complexity index is 233. The van der Waals surface area contributed by atoms with Gasteiger partial charge < -0.3 is 5.32 Å². The maximum Gasteiger partial charge on any atom is 0.126 e. The smallest absolute Gasteiger partial charge is 0.126 e. The van der Waals surface area contributed by atoms with Crippen LogP contribution in [0.4, 0.5) is 5.82 Å². The molecule has 0 atom stereocenters. The highest BCUT2D eigenvalue weighted by atomic mass is 15.0. The molecule has 2 nitrogen and oxygen atoms in total. The first-order chi connectivity index (χ1) is 6.58. The van der Waals surface area contributed by atoms with Gasteiger partial charge in [-0.05, 0) is 37.8 Å². The third kappa shape index (κ3) is 3.77. The first-order valence-corrected chi connectivity index (χ1v) is 5.29. The van der Waals surface area contributed by atoms with E-state index in [0.29, 0.717) is 12.0 Å². The highest BCUT2D eigenvalue weighted by Crippen LogP contribution is 2.10. The van der Waals surface area contributed by atoms with Crippen molar-refractivity contribution in [1.82, 2.24) is 4.98 Å². The molecular weight excluding hydrogens is 172 g/mol. The first kappa shape index (κ1) is 11.0. The standard InChI is InChI=1S/C12H20N2/c1-9(2)7-11-5-6-12(13-8-11)14-10(3)4/h5-6,8-10H,7H2,1-4H3,(H,13,14). The van der Waals surface area contributed by atoms with Crippen LogP contribution in [0.5, 0.6) is 0 Å². The van der Waals surface area contributed by atoms with Crippen molar-refractivity contribution in [2.24, 2.45) is 5.92 Å². The number of hydrogen-bond donors (Lipinski definition) is 1. The van der Waals surface area contributed by atoms with E-state index in [4.69, 9.17) is 0 Å². The summed E-state index contributed by atoms with van der Waals surface area (Å²) >= 11 is 0. The number of nitrogens with zero attached hydrogens (tertiary/aromatic N) is 1. The van der Waals surface area contributed by atoms with E-state index in [9.17, 15) is 0 Å². The fraction of sp³-hybridized carbons (Fsp3) is 0.583. The van der Waals surface area contributed by atoms with Crippen molar-refractivity contribution in [1.29, 1.82) is 0 Å². The Morgan fingerprint density at radius 2 is 1.93 bits per heavy atom. The third-order valence-corrected chi connectivity index (χ3v) is 1.91. The van der Waals surface area contributed by atoms with Gasteiger partial charge in [0.05, 0.1) is 0 Å². The molecule has 1 aromatic heterocycles. The average Bonchev–Trinajstić information content (AvgIpc) is 2.06. The maximum atomic E-state index is 4.36. The molecule has 1 rings (SSSR count). The lowest BCUT2D eigenvalue weighted by molar-refractivity contribution is 0.645. The molecule has 0 unspecified atom stereocenters. The van der Waals surface area contributed by atoms with Gasteiger partial charge in [0.2, 0.25) is 0 Å². The molecule has 1 N–H and O–H groups in total. The number of hydrogen-bond acceptors (Lipinski definition) is 2. The van der Waals surface area contributed by atoms with Gasteiger partial charge in [0, 0.05) is 12.2 Å². The monoisotopic (exact) mass is 192 g/mol. The van der Waals surface area contributed by atoms with Crippen molar-refractivity contribution < 1.29 is 0 Å². The Morgan fingerprint density at radius 1 is 1.21 bits per heavy atom. The number of aromatic nitrogens is 1. The summed E-state index contributed by atoms with van der Waals surface area (Å²) in [5, 5.41) is 3.27. The van der Waals surface area contributed by atoms with Crippen molar-refractivity contribution >= 4 is 5.82 Å². The molecule has 0 aliphatic heterocycles. The summed E-state index contributed by atoms with van der Waals surface area (Å²) < 4.78 is 0. The average molecular weight is 192 g/mol. The molecule has 0 spiro atoms. The maximum absolute atomic E-state index is 4.36. The Hall–Kier alpha value is -1.05. The topological polar surface area (TPSA) is 24.9 Å². The highest BCUT2D eigenvalue weighted by molar-refractivity contribution is 5.36. The summed E-state index contributed by atoms with van der Waals surface area (Å²) in [7, 11) is 0. The lowest BCUT2D eigenvalue weighted by atomic mass is 10.1. The summed E-state index contributed by atoms with van der Waals surface area (Å²) in [6.45, 7) is 8.67. The fourth-order valence-corrected chi connectivity index (χ4v) is 1.40. The molecule has 0 amide bonds. The second kappa shape index (κ2) is 4.99. The summed E-state index contributed by atoms with van der Waals surface area (Å²) in [6.07, 6.45) is 3.07. The van der Waals surface area contributed by atoms with Crippen molar-refractivity contribution in [3.8, 4) is 0 Å². The van der Waals surface area contributed by atoms with Crippen LogP contribution in [0.2, 0.25) is 0 Å². The van der Waals surface area contributed by atoms with Crippen LogP contribution in [0.3, 0.4) is 0 Å². The predicted octanol–water partition coefficient (Wildman–Crippen LogP) is 3.10. The van der Waals surface area contributed by atoms with E-state index >= 15 is 0 Å². The molecule has 1 aromatic rings.